The standard InChI is InChI=1S/C12H14FN3S/c1-7-4-5-10(13)9(6-7)11(14-3)12-8(2)15-16-17-12/h4-6,11,14H,1-3H3. The zero-order chi connectivity index (χ0) is 12.4. The van der Waals surface area contributed by atoms with Gasteiger partial charge in [0.25, 0.3) is 0 Å². The van der Waals surface area contributed by atoms with Gasteiger partial charge in [-0.3, -0.25) is 0 Å². The van der Waals surface area contributed by atoms with Gasteiger partial charge in [0, 0.05) is 5.56 Å². The lowest BCUT2D eigenvalue weighted by atomic mass is 10.0. The number of hydrogen-bond donors (Lipinski definition) is 1. The minimum atomic E-state index is -0.206. The van der Waals surface area contributed by atoms with Crippen LogP contribution in [-0.4, -0.2) is 16.6 Å². The van der Waals surface area contributed by atoms with Gasteiger partial charge >= 0.3 is 0 Å². The lowest BCUT2D eigenvalue weighted by Crippen LogP contribution is -2.19. The maximum absolute atomic E-state index is 13.9. The Morgan fingerprint density at radius 2 is 2.12 bits per heavy atom. The summed E-state index contributed by atoms with van der Waals surface area (Å²) in [5.74, 6) is -0.206. The van der Waals surface area contributed by atoms with Gasteiger partial charge in [-0.2, -0.15) is 0 Å². The summed E-state index contributed by atoms with van der Waals surface area (Å²) in [5.41, 5.74) is 2.52. The minimum Gasteiger partial charge on any atom is -0.308 e. The predicted octanol–water partition coefficient (Wildman–Crippen LogP) is 2.60. The molecule has 5 heteroatoms. The van der Waals surface area contributed by atoms with Crippen molar-refractivity contribution >= 4 is 11.5 Å². The Morgan fingerprint density at radius 1 is 1.35 bits per heavy atom. The molecule has 0 saturated carbocycles. The Kier molecular flexibility index (Phi) is 3.49. The molecule has 0 aliphatic carbocycles. The summed E-state index contributed by atoms with van der Waals surface area (Å²) in [7, 11) is 1.81. The van der Waals surface area contributed by atoms with E-state index in [9.17, 15) is 4.39 Å². The maximum atomic E-state index is 13.9. The summed E-state index contributed by atoms with van der Waals surface area (Å²) in [5, 5.41) is 7.09. The fourth-order valence-electron chi connectivity index (χ4n) is 1.81. The normalized spacial score (nSPS) is 12.7. The number of rotatable bonds is 3. The van der Waals surface area contributed by atoms with Crippen molar-refractivity contribution in [1.29, 1.82) is 0 Å². The van der Waals surface area contributed by atoms with Crippen molar-refractivity contribution in [2.75, 3.05) is 7.05 Å². The molecule has 0 saturated heterocycles. The average molecular weight is 251 g/mol. The third kappa shape index (κ3) is 2.35. The van der Waals surface area contributed by atoms with Crippen LogP contribution in [0.3, 0.4) is 0 Å². The average Bonchev–Trinajstić information content (AvgIpc) is 2.71. The number of aryl methyl sites for hydroxylation is 2. The summed E-state index contributed by atoms with van der Waals surface area (Å²) >= 11 is 1.30. The van der Waals surface area contributed by atoms with Gasteiger partial charge in [-0.15, -0.1) is 5.10 Å². The van der Waals surface area contributed by atoms with E-state index >= 15 is 0 Å². The quantitative estimate of drug-likeness (QED) is 0.911. The molecule has 1 N–H and O–H groups in total. The van der Waals surface area contributed by atoms with Gasteiger partial charge in [0.05, 0.1) is 16.6 Å². The molecule has 1 aromatic heterocycles. The second kappa shape index (κ2) is 4.89. The van der Waals surface area contributed by atoms with Crippen LogP contribution < -0.4 is 5.32 Å². The molecule has 17 heavy (non-hydrogen) atoms. The molecule has 2 aromatic rings. The number of nitrogens with zero attached hydrogens (tertiary/aromatic N) is 2. The summed E-state index contributed by atoms with van der Waals surface area (Å²) < 4.78 is 17.8. The molecule has 90 valence electrons. The molecule has 3 nitrogen and oxygen atoms in total. The van der Waals surface area contributed by atoms with Crippen LogP contribution in [0.4, 0.5) is 4.39 Å². The molecule has 2 rings (SSSR count). The van der Waals surface area contributed by atoms with E-state index in [0.29, 0.717) is 5.56 Å². The summed E-state index contributed by atoms with van der Waals surface area (Å²) in [4.78, 5) is 0.956. The second-order valence-electron chi connectivity index (χ2n) is 3.97. The van der Waals surface area contributed by atoms with E-state index in [2.05, 4.69) is 14.9 Å². The van der Waals surface area contributed by atoms with Crippen molar-refractivity contribution in [3.8, 4) is 0 Å². The fourth-order valence-corrected chi connectivity index (χ4v) is 2.59. The minimum absolute atomic E-state index is 0.185. The maximum Gasteiger partial charge on any atom is 0.128 e. The van der Waals surface area contributed by atoms with E-state index in [-0.39, 0.29) is 11.9 Å². The van der Waals surface area contributed by atoms with Crippen molar-refractivity contribution in [3.05, 3.63) is 45.7 Å². The fraction of sp³-hybridized carbons (Fsp3) is 0.333. The molecule has 0 amide bonds. The SMILES string of the molecule is CNC(c1cc(C)ccc1F)c1snnc1C. The van der Waals surface area contributed by atoms with Crippen LogP contribution in [0.2, 0.25) is 0 Å². The topological polar surface area (TPSA) is 37.8 Å². The number of halogens is 1. The highest BCUT2D eigenvalue weighted by atomic mass is 32.1. The Morgan fingerprint density at radius 3 is 2.71 bits per heavy atom. The molecule has 1 atom stereocenters. The molecular formula is C12H14FN3S. The van der Waals surface area contributed by atoms with Gasteiger partial charge in [-0.05, 0) is 38.5 Å². The van der Waals surface area contributed by atoms with Crippen LogP contribution in [-0.2, 0) is 0 Å². The van der Waals surface area contributed by atoms with E-state index in [4.69, 9.17) is 0 Å². The molecule has 0 fully saturated rings. The van der Waals surface area contributed by atoms with Crippen molar-refractivity contribution in [2.45, 2.75) is 19.9 Å². The summed E-state index contributed by atoms with van der Waals surface area (Å²) in [6.07, 6.45) is 0. The van der Waals surface area contributed by atoms with Crippen molar-refractivity contribution in [2.24, 2.45) is 0 Å². The first kappa shape index (κ1) is 12.1. The summed E-state index contributed by atoms with van der Waals surface area (Å²) in [6, 6.07) is 4.94. The zero-order valence-corrected chi connectivity index (χ0v) is 10.8. The lowest BCUT2D eigenvalue weighted by molar-refractivity contribution is 0.577. The second-order valence-corrected chi connectivity index (χ2v) is 4.75. The smallest absolute Gasteiger partial charge is 0.128 e. The Balaban J connectivity index is 2.49. The number of nitrogens with one attached hydrogen (secondary N) is 1. The molecule has 1 heterocycles. The molecule has 1 unspecified atom stereocenters. The van der Waals surface area contributed by atoms with Crippen LogP contribution in [0, 0.1) is 19.7 Å². The number of aromatic nitrogens is 2. The van der Waals surface area contributed by atoms with Crippen LogP contribution in [0.15, 0.2) is 18.2 Å². The zero-order valence-electron chi connectivity index (χ0n) is 9.99. The first-order chi connectivity index (χ1) is 8.13. The highest BCUT2D eigenvalue weighted by Crippen LogP contribution is 2.28. The van der Waals surface area contributed by atoms with Crippen LogP contribution in [0.1, 0.15) is 27.7 Å². The third-order valence-electron chi connectivity index (χ3n) is 2.70. The predicted molar refractivity (Wildman–Crippen MR) is 66.7 cm³/mol. The van der Waals surface area contributed by atoms with Crippen LogP contribution in [0.25, 0.3) is 0 Å². The molecule has 0 aliphatic rings. The molecule has 0 spiro atoms. The van der Waals surface area contributed by atoms with Gasteiger partial charge in [0.15, 0.2) is 0 Å². The van der Waals surface area contributed by atoms with Gasteiger partial charge < -0.3 is 5.32 Å². The third-order valence-corrected chi connectivity index (χ3v) is 3.59. The van der Waals surface area contributed by atoms with Crippen LogP contribution in [0.5, 0.6) is 0 Å². The number of hydrogen-bond acceptors (Lipinski definition) is 4. The monoisotopic (exact) mass is 251 g/mol. The van der Waals surface area contributed by atoms with Gasteiger partial charge in [0.1, 0.15) is 5.82 Å². The van der Waals surface area contributed by atoms with Crippen molar-refractivity contribution in [3.63, 3.8) is 0 Å². The van der Waals surface area contributed by atoms with Crippen LogP contribution >= 0.6 is 11.5 Å². The largest absolute Gasteiger partial charge is 0.308 e. The van der Waals surface area contributed by atoms with Gasteiger partial charge in [0.2, 0.25) is 0 Å². The van der Waals surface area contributed by atoms with Crippen molar-refractivity contribution < 1.29 is 4.39 Å². The Bertz CT molecular complexity index is 524. The van der Waals surface area contributed by atoms with E-state index in [1.807, 2.05) is 27.0 Å². The molecule has 1 aromatic carbocycles. The van der Waals surface area contributed by atoms with Gasteiger partial charge in [-0.25, -0.2) is 4.39 Å². The number of benzene rings is 1. The van der Waals surface area contributed by atoms with E-state index in [1.54, 1.807) is 6.07 Å². The molecule has 0 aliphatic heterocycles. The molecule has 0 radical (unpaired) electrons. The highest BCUT2D eigenvalue weighted by Gasteiger charge is 2.20. The Labute approximate surface area is 104 Å². The highest BCUT2D eigenvalue weighted by molar-refractivity contribution is 7.05. The van der Waals surface area contributed by atoms with E-state index in [0.717, 1.165) is 16.1 Å². The first-order valence-electron chi connectivity index (χ1n) is 5.35. The molecule has 0 bridgehead atoms. The van der Waals surface area contributed by atoms with Crippen molar-refractivity contribution in [1.82, 2.24) is 14.9 Å². The summed E-state index contributed by atoms with van der Waals surface area (Å²) in [6.45, 7) is 3.84. The Hall–Kier alpha value is -1.33. The van der Waals surface area contributed by atoms with Gasteiger partial charge in [-0.1, -0.05) is 22.2 Å². The van der Waals surface area contributed by atoms with E-state index < -0.39 is 0 Å². The molecular weight excluding hydrogens is 237 g/mol. The lowest BCUT2D eigenvalue weighted by Gasteiger charge is -2.16. The van der Waals surface area contributed by atoms with E-state index in [1.165, 1.54) is 17.6 Å². The first-order valence-corrected chi connectivity index (χ1v) is 6.13.